The Balaban J connectivity index is 1.35. The molecule has 3 aromatic rings. The summed E-state index contributed by atoms with van der Waals surface area (Å²) in [4.78, 5) is 2.45. The van der Waals surface area contributed by atoms with Crippen LogP contribution in [0.15, 0.2) is 65.1 Å². The third-order valence-electron chi connectivity index (χ3n) is 5.03. The molecular weight excluding hydrogens is 372 g/mol. The van der Waals surface area contributed by atoms with Crippen molar-refractivity contribution < 1.29 is 9.15 Å². The van der Waals surface area contributed by atoms with Crippen LogP contribution in [-0.4, -0.2) is 31.2 Å². The molecule has 0 spiro atoms. The lowest BCUT2D eigenvalue weighted by Crippen LogP contribution is -2.36. The van der Waals surface area contributed by atoms with Crippen LogP contribution in [0.2, 0.25) is 5.02 Å². The first-order chi connectivity index (χ1) is 13.8. The highest BCUT2D eigenvalue weighted by atomic mass is 35.5. The lowest BCUT2D eigenvalue weighted by Gasteiger charge is -2.27. The van der Waals surface area contributed by atoms with Crippen LogP contribution in [0.25, 0.3) is 11.3 Å². The van der Waals surface area contributed by atoms with Gasteiger partial charge in [0, 0.05) is 31.7 Å². The fourth-order valence-corrected chi connectivity index (χ4v) is 3.71. The van der Waals surface area contributed by atoms with Crippen molar-refractivity contribution in [2.24, 2.45) is 0 Å². The average molecular weight is 397 g/mol. The van der Waals surface area contributed by atoms with Gasteiger partial charge in [-0.25, -0.2) is 0 Å². The van der Waals surface area contributed by atoms with Crippen LogP contribution in [0.1, 0.15) is 16.9 Å². The highest BCUT2D eigenvalue weighted by Gasteiger charge is 2.13. The van der Waals surface area contributed by atoms with Gasteiger partial charge in [-0.3, -0.25) is 4.90 Å². The lowest BCUT2D eigenvalue weighted by atomic mass is 10.1. The van der Waals surface area contributed by atoms with Gasteiger partial charge in [0.15, 0.2) is 0 Å². The summed E-state index contributed by atoms with van der Waals surface area (Å²) in [7, 11) is 0. The molecule has 4 rings (SSSR count). The molecule has 1 aliphatic heterocycles. The van der Waals surface area contributed by atoms with Crippen molar-refractivity contribution >= 4 is 11.6 Å². The molecule has 0 radical (unpaired) electrons. The van der Waals surface area contributed by atoms with Gasteiger partial charge in [-0.05, 0) is 35.4 Å². The second-order valence-electron chi connectivity index (χ2n) is 7.01. The first kappa shape index (κ1) is 19.2. The zero-order valence-electron chi connectivity index (χ0n) is 15.9. The Hall–Kier alpha value is -2.11. The summed E-state index contributed by atoms with van der Waals surface area (Å²) in [6.45, 7) is 6.11. The highest BCUT2D eigenvalue weighted by molar-refractivity contribution is 6.33. The number of nitrogens with zero attached hydrogens (tertiary/aromatic N) is 1. The van der Waals surface area contributed by atoms with Gasteiger partial charge >= 0.3 is 0 Å². The van der Waals surface area contributed by atoms with E-state index in [2.05, 4.69) is 34.5 Å². The monoisotopic (exact) mass is 396 g/mol. The van der Waals surface area contributed by atoms with Crippen LogP contribution in [0.3, 0.4) is 0 Å². The van der Waals surface area contributed by atoms with Crippen LogP contribution in [0.5, 0.6) is 0 Å². The number of rotatable bonds is 7. The molecule has 146 valence electrons. The summed E-state index contributed by atoms with van der Waals surface area (Å²) in [6.07, 6.45) is 0. The van der Waals surface area contributed by atoms with Crippen molar-refractivity contribution in [2.75, 3.05) is 26.3 Å². The molecule has 5 heteroatoms. The maximum absolute atomic E-state index is 6.26. The number of benzene rings is 2. The number of hydrogen-bond donors (Lipinski definition) is 1. The summed E-state index contributed by atoms with van der Waals surface area (Å²) in [5.74, 6) is 1.70. The number of morpholine rings is 1. The molecule has 0 atom stereocenters. The van der Waals surface area contributed by atoms with E-state index >= 15 is 0 Å². The standard InChI is InChI=1S/C23H25ClN2O2/c24-22-8-4-3-7-21(22)23-10-9-20(28-23)16-25-15-18-5-1-2-6-19(18)17-26-11-13-27-14-12-26/h1-10,25H,11-17H2. The van der Waals surface area contributed by atoms with Crippen LogP contribution in [-0.2, 0) is 24.4 Å². The fraction of sp³-hybridized carbons (Fsp3) is 0.304. The molecule has 0 bridgehead atoms. The van der Waals surface area contributed by atoms with Gasteiger partial charge in [-0.1, -0.05) is 48.0 Å². The Kier molecular flexibility index (Phi) is 6.45. The average Bonchev–Trinajstić information content (AvgIpc) is 3.19. The SMILES string of the molecule is Clc1ccccc1-c1ccc(CNCc2ccccc2CN2CCOCC2)o1. The van der Waals surface area contributed by atoms with Crippen molar-refractivity contribution in [3.05, 3.63) is 82.6 Å². The predicted octanol–water partition coefficient (Wildman–Crippen LogP) is 4.72. The minimum Gasteiger partial charge on any atom is -0.460 e. The molecule has 2 aromatic carbocycles. The number of hydrogen-bond acceptors (Lipinski definition) is 4. The van der Waals surface area contributed by atoms with Gasteiger partial charge in [0.1, 0.15) is 11.5 Å². The number of furan rings is 1. The summed E-state index contributed by atoms with van der Waals surface area (Å²) >= 11 is 6.26. The molecule has 2 heterocycles. The molecule has 1 fully saturated rings. The molecule has 1 aromatic heterocycles. The van der Waals surface area contributed by atoms with E-state index in [-0.39, 0.29) is 0 Å². The van der Waals surface area contributed by atoms with Gasteiger partial charge in [0.25, 0.3) is 0 Å². The van der Waals surface area contributed by atoms with Crippen LogP contribution < -0.4 is 5.32 Å². The maximum Gasteiger partial charge on any atom is 0.135 e. The minimum atomic E-state index is 0.677. The van der Waals surface area contributed by atoms with Gasteiger partial charge < -0.3 is 14.5 Å². The van der Waals surface area contributed by atoms with Crippen molar-refractivity contribution in [1.29, 1.82) is 0 Å². The van der Waals surface area contributed by atoms with Crippen molar-refractivity contribution in [3.8, 4) is 11.3 Å². The number of halogens is 1. The highest BCUT2D eigenvalue weighted by Crippen LogP contribution is 2.29. The van der Waals surface area contributed by atoms with E-state index in [4.69, 9.17) is 20.8 Å². The number of nitrogens with one attached hydrogen (secondary N) is 1. The van der Waals surface area contributed by atoms with Crippen LogP contribution in [0, 0.1) is 0 Å². The van der Waals surface area contributed by atoms with Crippen molar-refractivity contribution in [1.82, 2.24) is 10.2 Å². The van der Waals surface area contributed by atoms with E-state index in [9.17, 15) is 0 Å². The van der Waals surface area contributed by atoms with E-state index in [1.54, 1.807) is 0 Å². The van der Waals surface area contributed by atoms with E-state index in [1.165, 1.54) is 11.1 Å². The second kappa shape index (κ2) is 9.39. The van der Waals surface area contributed by atoms with Gasteiger partial charge in [-0.2, -0.15) is 0 Å². The molecular formula is C23H25ClN2O2. The minimum absolute atomic E-state index is 0.677. The number of ether oxygens (including phenoxy) is 1. The predicted molar refractivity (Wildman–Crippen MR) is 112 cm³/mol. The third-order valence-corrected chi connectivity index (χ3v) is 5.36. The van der Waals surface area contributed by atoms with Gasteiger partial charge in [0.2, 0.25) is 0 Å². The summed E-state index contributed by atoms with van der Waals surface area (Å²) in [6, 6.07) is 20.3. The Morgan fingerprint density at radius 3 is 2.43 bits per heavy atom. The topological polar surface area (TPSA) is 37.6 Å². The summed E-state index contributed by atoms with van der Waals surface area (Å²) < 4.78 is 11.4. The third kappa shape index (κ3) is 4.83. The fourth-order valence-electron chi connectivity index (χ4n) is 3.48. The van der Waals surface area contributed by atoms with Crippen LogP contribution >= 0.6 is 11.6 Å². The molecule has 0 unspecified atom stereocenters. The molecule has 0 saturated carbocycles. The Bertz CT molecular complexity index is 903. The largest absolute Gasteiger partial charge is 0.460 e. The smallest absolute Gasteiger partial charge is 0.135 e. The van der Waals surface area contributed by atoms with Gasteiger partial charge in [0.05, 0.1) is 24.8 Å². The molecule has 0 amide bonds. The molecule has 1 N–H and O–H groups in total. The zero-order chi connectivity index (χ0) is 19.2. The van der Waals surface area contributed by atoms with E-state index in [0.717, 1.165) is 56.5 Å². The molecule has 4 nitrogen and oxygen atoms in total. The van der Waals surface area contributed by atoms with Crippen LogP contribution in [0.4, 0.5) is 0 Å². The second-order valence-corrected chi connectivity index (χ2v) is 7.41. The molecule has 0 aliphatic carbocycles. The summed E-state index contributed by atoms with van der Waals surface area (Å²) in [5, 5.41) is 4.21. The Morgan fingerprint density at radius 1 is 0.857 bits per heavy atom. The molecule has 1 saturated heterocycles. The normalized spacial score (nSPS) is 15.0. The maximum atomic E-state index is 6.26. The zero-order valence-corrected chi connectivity index (χ0v) is 16.6. The first-order valence-corrected chi connectivity index (χ1v) is 10.1. The van der Waals surface area contributed by atoms with E-state index in [0.29, 0.717) is 11.6 Å². The Morgan fingerprint density at radius 2 is 1.61 bits per heavy atom. The van der Waals surface area contributed by atoms with E-state index < -0.39 is 0 Å². The quantitative estimate of drug-likeness (QED) is 0.627. The van der Waals surface area contributed by atoms with Crippen molar-refractivity contribution in [2.45, 2.75) is 19.6 Å². The van der Waals surface area contributed by atoms with Crippen molar-refractivity contribution in [3.63, 3.8) is 0 Å². The molecule has 1 aliphatic rings. The van der Waals surface area contributed by atoms with Gasteiger partial charge in [-0.15, -0.1) is 0 Å². The van der Waals surface area contributed by atoms with E-state index in [1.807, 2.05) is 36.4 Å². The molecule has 28 heavy (non-hydrogen) atoms. The Labute approximate surface area is 171 Å². The first-order valence-electron chi connectivity index (χ1n) is 9.71. The summed E-state index contributed by atoms with van der Waals surface area (Å²) in [5.41, 5.74) is 3.62. The lowest BCUT2D eigenvalue weighted by molar-refractivity contribution is 0.0340.